The van der Waals surface area contributed by atoms with Crippen molar-refractivity contribution in [3.05, 3.63) is 56.7 Å². The first-order chi connectivity index (χ1) is 16.3. The van der Waals surface area contributed by atoms with Gasteiger partial charge in [0.1, 0.15) is 4.83 Å². The molecule has 7 nitrogen and oxygen atoms in total. The third kappa shape index (κ3) is 4.05. The van der Waals surface area contributed by atoms with Gasteiger partial charge in [0.2, 0.25) is 5.78 Å². The molecule has 1 unspecified atom stereocenters. The zero-order valence-corrected chi connectivity index (χ0v) is 21.5. The Labute approximate surface area is 206 Å². The second kappa shape index (κ2) is 8.85. The van der Waals surface area contributed by atoms with Gasteiger partial charge in [-0.25, -0.2) is 4.40 Å². The fourth-order valence-electron chi connectivity index (χ4n) is 4.71. The standard InChI is InChI=1S/C25H28N4O3S2/c1-25(2,3)16-10-11-17-18(12-16)34-22-20(17)21(31)28(13-15-8-6-5-7-9-15)23-26-27-24(29(22)23)33-14-19(30)32-4/h5-9,16H,10-14H2,1-4H3. The molecule has 0 amide bonds. The van der Waals surface area contributed by atoms with Crippen molar-refractivity contribution in [1.29, 1.82) is 0 Å². The number of hydrogen-bond acceptors (Lipinski definition) is 7. The fourth-order valence-corrected chi connectivity index (χ4v) is 6.95. The van der Waals surface area contributed by atoms with Crippen molar-refractivity contribution in [3.63, 3.8) is 0 Å². The van der Waals surface area contributed by atoms with Gasteiger partial charge in [-0.3, -0.25) is 14.2 Å². The molecular formula is C25H28N4O3S2. The Morgan fingerprint density at radius 3 is 2.71 bits per heavy atom. The summed E-state index contributed by atoms with van der Waals surface area (Å²) in [6.07, 6.45) is 2.95. The Hall–Kier alpha value is -2.65. The lowest BCUT2D eigenvalue weighted by atomic mass is 9.72. The van der Waals surface area contributed by atoms with Crippen LogP contribution in [0.1, 0.15) is 43.2 Å². The molecule has 0 N–H and O–H groups in total. The number of carbonyl (C=O) groups is 1. The van der Waals surface area contributed by atoms with Crippen molar-refractivity contribution in [1.82, 2.24) is 19.2 Å². The minimum atomic E-state index is -0.325. The molecule has 1 aliphatic rings. The van der Waals surface area contributed by atoms with Crippen LogP contribution in [0.15, 0.2) is 40.3 Å². The zero-order valence-electron chi connectivity index (χ0n) is 19.8. The summed E-state index contributed by atoms with van der Waals surface area (Å²) < 4.78 is 8.49. The lowest BCUT2D eigenvalue weighted by Gasteiger charge is -2.33. The van der Waals surface area contributed by atoms with Gasteiger partial charge in [0.15, 0.2) is 5.16 Å². The number of carbonyl (C=O) groups excluding carboxylic acids is 1. The maximum absolute atomic E-state index is 13.9. The average molecular weight is 497 g/mol. The molecule has 0 bridgehead atoms. The number of fused-ring (bicyclic) bond motifs is 5. The summed E-state index contributed by atoms with van der Waals surface area (Å²) in [6.45, 7) is 7.29. The van der Waals surface area contributed by atoms with Gasteiger partial charge in [0.25, 0.3) is 5.56 Å². The number of aromatic nitrogens is 4. The summed E-state index contributed by atoms with van der Waals surface area (Å²) in [5, 5.41) is 10.1. The molecule has 0 saturated heterocycles. The van der Waals surface area contributed by atoms with Gasteiger partial charge in [-0.1, -0.05) is 62.9 Å². The highest BCUT2D eigenvalue weighted by Crippen LogP contribution is 2.43. The maximum Gasteiger partial charge on any atom is 0.316 e. The number of esters is 1. The summed E-state index contributed by atoms with van der Waals surface area (Å²) in [5.74, 6) is 0.881. The molecule has 0 aliphatic heterocycles. The highest BCUT2D eigenvalue weighted by molar-refractivity contribution is 7.99. The van der Waals surface area contributed by atoms with Crippen LogP contribution in [-0.2, 0) is 28.9 Å². The van der Waals surface area contributed by atoms with Crippen LogP contribution in [0.4, 0.5) is 0 Å². The maximum atomic E-state index is 13.9. The Morgan fingerprint density at radius 1 is 1.24 bits per heavy atom. The Balaban J connectivity index is 1.72. The van der Waals surface area contributed by atoms with Crippen molar-refractivity contribution in [3.8, 4) is 0 Å². The van der Waals surface area contributed by atoms with Crippen LogP contribution in [0, 0.1) is 11.3 Å². The van der Waals surface area contributed by atoms with Gasteiger partial charge in [0.05, 0.1) is 24.8 Å². The fraction of sp³-hybridized carbons (Fsp3) is 0.440. The third-order valence-corrected chi connectivity index (χ3v) is 8.86. The van der Waals surface area contributed by atoms with Crippen LogP contribution in [0.25, 0.3) is 16.0 Å². The normalized spacial score (nSPS) is 16.2. The van der Waals surface area contributed by atoms with Gasteiger partial charge in [0, 0.05) is 4.88 Å². The topological polar surface area (TPSA) is 78.5 Å². The van der Waals surface area contributed by atoms with E-state index in [1.54, 1.807) is 15.9 Å². The molecule has 9 heteroatoms. The van der Waals surface area contributed by atoms with Gasteiger partial charge >= 0.3 is 5.97 Å². The van der Waals surface area contributed by atoms with E-state index in [2.05, 4.69) is 31.0 Å². The molecule has 0 fully saturated rings. The highest BCUT2D eigenvalue weighted by Gasteiger charge is 2.33. The molecule has 0 spiro atoms. The second-order valence-corrected chi connectivity index (χ2v) is 11.9. The minimum Gasteiger partial charge on any atom is -0.468 e. The number of nitrogens with zero attached hydrogens (tertiary/aromatic N) is 4. The number of aryl methyl sites for hydroxylation is 1. The van der Waals surface area contributed by atoms with Crippen LogP contribution in [0.5, 0.6) is 0 Å². The molecule has 5 rings (SSSR count). The summed E-state index contributed by atoms with van der Waals surface area (Å²) >= 11 is 2.96. The van der Waals surface area contributed by atoms with Crippen LogP contribution < -0.4 is 5.56 Å². The predicted octanol–water partition coefficient (Wildman–Crippen LogP) is 4.57. The molecule has 34 heavy (non-hydrogen) atoms. The van der Waals surface area contributed by atoms with E-state index in [0.29, 0.717) is 23.4 Å². The third-order valence-electron chi connectivity index (χ3n) is 6.72. The number of rotatable bonds is 5. The van der Waals surface area contributed by atoms with Crippen molar-refractivity contribution in [2.75, 3.05) is 12.9 Å². The van der Waals surface area contributed by atoms with Crippen molar-refractivity contribution in [2.24, 2.45) is 11.3 Å². The second-order valence-electron chi connectivity index (χ2n) is 9.85. The quantitative estimate of drug-likeness (QED) is 0.298. The van der Waals surface area contributed by atoms with E-state index in [-0.39, 0.29) is 22.7 Å². The van der Waals surface area contributed by atoms with Crippen molar-refractivity contribution >= 4 is 45.1 Å². The van der Waals surface area contributed by atoms with Gasteiger partial charge in [-0.2, -0.15) is 0 Å². The molecule has 178 valence electrons. The zero-order chi connectivity index (χ0) is 24.0. The lowest BCUT2D eigenvalue weighted by Crippen LogP contribution is -2.27. The van der Waals surface area contributed by atoms with Crippen LogP contribution in [0.2, 0.25) is 0 Å². The van der Waals surface area contributed by atoms with E-state index in [9.17, 15) is 9.59 Å². The average Bonchev–Trinajstić information content (AvgIpc) is 3.41. The van der Waals surface area contributed by atoms with Crippen LogP contribution >= 0.6 is 23.1 Å². The van der Waals surface area contributed by atoms with E-state index in [1.807, 2.05) is 34.7 Å². The molecule has 1 aliphatic carbocycles. The Morgan fingerprint density at radius 2 is 2.00 bits per heavy atom. The first kappa shape index (κ1) is 23.1. The number of methoxy groups -OCH3 is 1. The van der Waals surface area contributed by atoms with Crippen molar-refractivity contribution in [2.45, 2.75) is 51.7 Å². The summed E-state index contributed by atoms with van der Waals surface area (Å²) in [5.41, 5.74) is 2.39. The number of thioether (sulfide) groups is 1. The number of thiophene rings is 1. The molecule has 4 aromatic rings. The van der Waals surface area contributed by atoms with E-state index in [0.717, 1.165) is 35.0 Å². The van der Waals surface area contributed by atoms with Gasteiger partial charge < -0.3 is 4.74 Å². The van der Waals surface area contributed by atoms with E-state index >= 15 is 0 Å². The van der Waals surface area contributed by atoms with E-state index < -0.39 is 0 Å². The molecular weight excluding hydrogens is 468 g/mol. The predicted molar refractivity (Wildman–Crippen MR) is 136 cm³/mol. The minimum absolute atomic E-state index is 0.0185. The van der Waals surface area contributed by atoms with Crippen LogP contribution in [0.3, 0.4) is 0 Å². The number of hydrogen-bond donors (Lipinski definition) is 0. The largest absolute Gasteiger partial charge is 0.468 e. The molecule has 3 aromatic heterocycles. The van der Waals surface area contributed by atoms with Gasteiger partial charge in [-0.05, 0) is 41.7 Å². The molecule has 0 saturated carbocycles. The Bertz CT molecular complexity index is 1430. The number of ether oxygens (including phenoxy) is 1. The lowest BCUT2D eigenvalue weighted by molar-refractivity contribution is -0.137. The van der Waals surface area contributed by atoms with Crippen LogP contribution in [-0.4, -0.2) is 38.0 Å². The van der Waals surface area contributed by atoms with E-state index in [1.165, 1.54) is 29.3 Å². The molecule has 3 heterocycles. The molecule has 1 aromatic carbocycles. The molecule has 1 atom stereocenters. The van der Waals surface area contributed by atoms with E-state index in [4.69, 9.17) is 4.74 Å². The summed E-state index contributed by atoms with van der Waals surface area (Å²) in [7, 11) is 1.37. The monoisotopic (exact) mass is 496 g/mol. The number of benzene rings is 1. The smallest absolute Gasteiger partial charge is 0.316 e. The highest BCUT2D eigenvalue weighted by atomic mass is 32.2. The van der Waals surface area contributed by atoms with Gasteiger partial charge in [-0.15, -0.1) is 21.5 Å². The first-order valence-electron chi connectivity index (χ1n) is 11.4. The summed E-state index contributed by atoms with van der Waals surface area (Å²) in [6, 6.07) is 9.92. The SMILES string of the molecule is COC(=O)CSc1nnc2n(Cc3ccccc3)c(=O)c3c4c(sc3n12)CC(C(C)(C)C)CC4. The Kier molecular flexibility index (Phi) is 6.02. The first-order valence-corrected chi connectivity index (χ1v) is 13.2. The van der Waals surface area contributed by atoms with Crippen molar-refractivity contribution < 1.29 is 9.53 Å². The molecule has 0 radical (unpaired) electrons. The summed E-state index contributed by atoms with van der Waals surface area (Å²) in [4.78, 5) is 27.9.